The quantitative estimate of drug-likeness (QED) is 0.644. The van der Waals surface area contributed by atoms with Crippen molar-refractivity contribution in [3.05, 3.63) is 53.0 Å². The minimum atomic E-state index is -1.02. The van der Waals surface area contributed by atoms with E-state index < -0.39 is 11.3 Å². The van der Waals surface area contributed by atoms with Gasteiger partial charge in [0.25, 0.3) is 0 Å². The molecule has 0 aliphatic heterocycles. The van der Waals surface area contributed by atoms with Crippen LogP contribution >= 0.6 is 11.8 Å². The van der Waals surface area contributed by atoms with Crippen LogP contribution in [0.5, 0.6) is 11.6 Å². The maximum Gasteiger partial charge on any atom is 0.226 e. The Bertz CT molecular complexity index is 761. The van der Waals surface area contributed by atoms with Gasteiger partial charge in [0.1, 0.15) is 5.44 Å². The van der Waals surface area contributed by atoms with E-state index in [0.29, 0.717) is 12.0 Å². The summed E-state index contributed by atoms with van der Waals surface area (Å²) in [4.78, 5) is 15.2. The number of thioether (sulfide) groups is 1. The molecule has 0 saturated heterocycles. The number of hydrogen-bond donors (Lipinski definition) is 1. The molecular weight excluding hydrogens is 319 g/mol. The summed E-state index contributed by atoms with van der Waals surface area (Å²) in [6.07, 6.45) is 1.92. The third-order valence-corrected chi connectivity index (χ3v) is 3.84. The molecule has 0 aliphatic carbocycles. The van der Waals surface area contributed by atoms with Gasteiger partial charge >= 0.3 is 0 Å². The van der Waals surface area contributed by atoms with Gasteiger partial charge in [-0.1, -0.05) is 6.92 Å². The first-order chi connectivity index (χ1) is 11.1. The van der Waals surface area contributed by atoms with Crippen molar-refractivity contribution in [2.75, 3.05) is 5.75 Å². The van der Waals surface area contributed by atoms with Gasteiger partial charge in [-0.15, -0.1) is 11.8 Å². The fraction of sp³-hybridized carbons (Fsp3) is 0.188. The lowest BCUT2D eigenvalue weighted by molar-refractivity contribution is 0.111. The highest BCUT2D eigenvalue weighted by atomic mass is 32.2. The van der Waals surface area contributed by atoms with Crippen molar-refractivity contribution in [2.45, 2.75) is 12.4 Å². The number of hydrogen-bond acceptors (Lipinski definition) is 6. The molecule has 0 amide bonds. The standard InChI is InChI=1S/C16H13FN2O3S/c1-2-23-16(21)14-11(9-20)5-6-19-15(14)22-13-4-3-10(8-18)7-12(13)17/h3-7,9,16,21H,2H2,1H3. The fourth-order valence-electron chi connectivity index (χ4n) is 1.90. The monoisotopic (exact) mass is 332 g/mol. The van der Waals surface area contributed by atoms with E-state index >= 15 is 0 Å². The Morgan fingerprint density at radius 2 is 2.30 bits per heavy atom. The van der Waals surface area contributed by atoms with Crippen LogP contribution in [0.2, 0.25) is 0 Å². The van der Waals surface area contributed by atoms with Crippen molar-refractivity contribution < 1.29 is 19.0 Å². The minimum Gasteiger partial charge on any atom is -0.435 e. The fourth-order valence-corrected chi connectivity index (χ4v) is 2.62. The zero-order valence-corrected chi connectivity index (χ0v) is 13.0. The Labute approximate surface area is 136 Å². The molecule has 0 radical (unpaired) electrons. The maximum atomic E-state index is 13.9. The lowest BCUT2D eigenvalue weighted by Gasteiger charge is -2.16. The summed E-state index contributed by atoms with van der Waals surface area (Å²) in [7, 11) is 0. The molecule has 1 unspecified atom stereocenters. The second kappa shape index (κ2) is 7.72. The van der Waals surface area contributed by atoms with Crippen molar-refractivity contribution in [1.82, 2.24) is 4.98 Å². The topological polar surface area (TPSA) is 83.2 Å². The average molecular weight is 332 g/mol. The van der Waals surface area contributed by atoms with Crippen LogP contribution < -0.4 is 4.74 Å². The summed E-state index contributed by atoms with van der Waals surface area (Å²) in [5, 5.41) is 18.9. The van der Waals surface area contributed by atoms with Crippen molar-refractivity contribution in [1.29, 1.82) is 5.26 Å². The van der Waals surface area contributed by atoms with E-state index in [2.05, 4.69) is 4.98 Å². The molecule has 1 aromatic carbocycles. The van der Waals surface area contributed by atoms with E-state index in [1.165, 1.54) is 36.2 Å². The number of pyridine rings is 1. The van der Waals surface area contributed by atoms with Crippen molar-refractivity contribution in [3.63, 3.8) is 0 Å². The second-order valence-electron chi connectivity index (χ2n) is 4.40. The third kappa shape index (κ3) is 3.86. The third-order valence-electron chi connectivity index (χ3n) is 2.95. The SMILES string of the molecule is CCSC(O)c1c(C=O)ccnc1Oc1ccc(C#N)cc1F. The van der Waals surface area contributed by atoms with Gasteiger partial charge in [-0.3, -0.25) is 4.79 Å². The smallest absolute Gasteiger partial charge is 0.226 e. The summed E-state index contributed by atoms with van der Waals surface area (Å²) >= 11 is 1.19. The van der Waals surface area contributed by atoms with Crippen LogP contribution in [0.3, 0.4) is 0 Å². The van der Waals surface area contributed by atoms with Crippen molar-refractivity contribution in [2.24, 2.45) is 0 Å². The number of rotatable bonds is 6. The molecular formula is C16H13FN2O3S. The van der Waals surface area contributed by atoms with Crippen molar-refractivity contribution in [3.8, 4) is 17.7 Å². The lowest BCUT2D eigenvalue weighted by atomic mass is 10.1. The number of aliphatic hydroxyl groups is 1. The first-order valence-electron chi connectivity index (χ1n) is 6.72. The number of benzene rings is 1. The zero-order chi connectivity index (χ0) is 16.8. The average Bonchev–Trinajstić information content (AvgIpc) is 2.56. The summed E-state index contributed by atoms with van der Waals surface area (Å²) in [5.74, 6) is -0.314. The van der Waals surface area contributed by atoms with Gasteiger partial charge < -0.3 is 9.84 Å². The Morgan fingerprint density at radius 3 is 2.91 bits per heavy atom. The van der Waals surface area contributed by atoms with Crippen LogP contribution in [0.1, 0.15) is 33.8 Å². The molecule has 1 aromatic heterocycles. The van der Waals surface area contributed by atoms with Crippen LogP contribution in [-0.2, 0) is 0 Å². The van der Waals surface area contributed by atoms with Crippen molar-refractivity contribution >= 4 is 18.0 Å². The van der Waals surface area contributed by atoms with Crippen LogP contribution in [0.4, 0.5) is 4.39 Å². The number of aldehydes is 1. The van der Waals surface area contributed by atoms with Gasteiger partial charge in [-0.05, 0) is 30.0 Å². The van der Waals surface area contributed by atoms with Crippen LogP contribution in [0.25, 0.3) is 0 Å². The summed E-state index contributed by atoms with van der Waals surface area (Å²) < 4.78 is 19.4. The van der Waals surface area contributed by atoms with Gasteiger partial charge in [0.2, 0.25) is 5.88 Å². The number of nitriles is 1. The normalized spacial score (nSPS) is 11.6. The Morgan fingerprint density at radius 1 is 1.52 bits per heavy atom. The van der Waals surface area contributed by atoms with Crippen LogP contribution in [0.15, 0.2) is 30.5 Å². The van der Waals surface area contributed by atoms with Crippen LogP contribution in [0, 0.1) is 17.1 Å². The molecule has 0 spiro atoms. The van der Waals surface area contributed by atoms with E-state index in [-0.39, 0.29) is 28.3 Å². The predicted octanol–water partition coefficient (Wildman–Crippen LogP) is 3.44. The largest absolute Gasteiger partial charge is 0.435 e. The molecule has 23 heavy (non-hydrogen) atoms. The molecule has 118 valence electrons. The number of ether oxygens (including phenoxy) is 1. The molecule has 2 rings (SSSR count). The number of carbonyl (C=O) groups excluding carboxylic acids is 1. The van der Waals surface area contributed by atoms with Gasteiger partial charge in [-0.2, -0.15) is 5.26 Å². The highest BCUT2D eigenvalue weighted by Gasteiger charge is 2.20. The molecule has 7 heteroatoms. The first-order valence-corrected chi connectivity index (χ1v) is 7.76. The lowest BCUT2D eigenvalue weighted by Crippen LogP contribution is -2.04. The van der Waals surface area contributed by atoms with Gasteiger partial charge in [0.15, 0.2) is 17.9 Å². The molecule has 0 bridgehead atoms. The molecule has 0 saturated carbocycles. The summed E-state index contributed by atoms with van der Waals surface area (Å²) in [6.45, 7) is 1.85. The van der Waals surface area contributed by atoms with E-state index in [0.717, 1.165) is 6.07 Å². The summed E-state index contributed by atoms with van der Waals surface area (Å²) in [6, 6.07) is 7.01. The molecule has 5 nitrogen and oxygen atoms in total. The molecule has 1 atom stereocenters. The molecule has 1 heterocycles. The van der Waals surface area contributed by atoms with Gasteiger partial charge in [-0.25, -0.2) is 9.37 Å². The number of carbonyl (C=O) groups is 1. The van der Waals surface area contributed by atoms with Gasteiger partial charge in [0, 0.05) is 11.8 Å². The number of halogens is 1. The van der Waals surface area contributed by atoms with E-state index in [9.17, 15) is 14.3 Å². The zero-order valence-electron chi connectivity index (χ0n) is 12.2. The Kier molecular flexibility index (Phi) is 5.68. The molecule has 0 fully saturated rings. The van der Waals surface area contributed by atoms with E-state index in [1.807, 2.05) is 13.0 Å². The number of aliphatic hydroxyl groups excluding tert-OH is 1. The minimum absolute atomic E-state index is 0.0494. The number of nitrogens with zero attached hydrogens (tertiary/aromatic N) is 2. The number of aromatic nitrogens is 1. The maximum absolute atomic E-state index is 13.9. The predicted molar refractivity (Wildman–Crippen MR) is 83.9 cm³/mol. The molecule has 0 aliphatic rings. The molecule has 1 N–H and O–H groups in total. The van der Waals surface area contributed by atoms with Crippen LogP contribution in [-0.4, -0.2) is 22.1 Å². The Hall–Kier alpha value is -2.43. The first kappa shape index (κ1) is 16.9. The Balaban J connectivity index is 2.44. The highest BCUT2D eigenvalue weighted by Crippen LogP contribution is 2.36. The summed E-state index contributed by atoms with van der Waals surface area (Å²) in [5.41, 5.74) is -0.452. The second-order valence-corrected chi connectivity index (χ2v) is 5.76. The highest BCUT2D eigenvalue weighted by molar-refractivity contribution is 7.99. The van der Waals surface area contributed by atoms with Gasteiger partial charge in [0.05, 0.1) is 17.2 Å². The van der Waals surface area contributed by atoms with E-state index in [4.69, 9.17) is 10.00 Å². The van der Waals surface area contributed by atoms with E-state index in [1.54, 1.807) is 0 Å². The molecule has 2 aromatic rings.